The van der Waals surface area contributed by atoms with E-state index in [2.05, 4.69) is 20.8 Å². The molecule has 114 valence electrons. The van der Waals surface area contributed by atoms with E-state index >= 15 is 0 Å². The van der Waals surface area contributed by atoms with Crippen molar-refractivity contribution >= 4 is 17.5 Å². The minimum atomic E-state index is -0.469. The number of hydrogen-bond acceptors (Lipinski definition) is 4. The molecule has 3 rings (SSSR count). The van der Waals surface area contributed by atoms with Crippen molar-refractivity contribution in [3.8, 4) is 0 Å². The first kappa shape index (κ1) is 14.2. The van der Waals surface area contributed by atoms with E-state index in [1.807, 2.05) is 29.7 Å². The molecule has 7 nitrogen and oxygen atoms in total. The molecule has 1 aromatic carbocycles. The summed E-state index contributed by atoms with van der Waals surface area (Å²) in [5.74, 6) is -0.0872. The summed E-state index contributed by atoms with van der Waals surface area (Å²) < 4.78 is 1.86. The Hall–Kier alpha value is -2.70. The van der Waals surface area contributed by atoms with Crippen LogP contribution in [0.15, 0.2) is 30.6 Å². The predicted octanol–water partition coefficient (Wildman–Crippen LogP) is 1.04. The fraction of sp³-hybridized carbons (Fsp3) is 0.333. The molecule has 1 aliphatic heterocycles. The highest BCUT2D eigenvalue weighted by atomic mass is 16.2. The van der Waals surface area contributed by atoms with E-state index in [-0.39, 0.29) is 18.2 Å². The molecule has 0 spiro atoms. The van der Waals surface area contributed by atoms with Crippen LogP contribution in [0, 0.1) is 0 Å². The maximum atomic E-state index is 12.5. The monoisotopic (exact) mass is 299 g/mol. The lowest BCUT2D eigenvalue weighted by molar-refractivity contribution is -0.126. The van der Waals surface area contributed by atoms with Gasteiger partial charge in [0.2, 0.25) is 11.8 Å². The summed E-state index contributed by atoms with van der Waals surface area (Å²) in [4.78, 5) is 24.2. The first-order chi connectivity index (χ1) is 10.7. The Labute approximate surface area is 127 Å². The van der Waals surface area contributed by atoms with Crippen LogP contribution < -0.4 is 10.6 Å². The summed E-state index contributed by atoms with van der Waals surface area (Å²) in [6.45, 7) is 3.02. The summed E-state index contributed by atoms with van der Waals surface area (Å²) in [5, 5.41) is 13.4. The lowest BCUT2D eigenvalue weighted by atomic mass is 9.90. The number of carbonyl (C=O) groups excluding carboxylic acids is 2. The first-order valence-electron chi connectivity index (χ1n) is 7.22. The van der Waals surface area contributed by atoms with Crippen LogP contribution in [0.2, 0.25) is 0 Å². The Balaban J connectivity index is 1.74. The third-order valence-electron chi connectivity index (χ3n) is 3.77. The zero-order chi connectivity index (χ0) is 15.5. The Morgan fingerprint density at radius 3 is 3.09 bits per heavy atom. The Kier molecular flexibility index (Phi) is 3.86. The molecule has 0 saturated carbocycles. The molecular weight excluding hydrogens is 282 g/mol. The highest BCUT2D eigenvalue weighted by Crippen LogP contribution is 2.31. The van der Waals surface area contributed by atoms with E-state index in [0.717, 1.165) is 12.1 Å². The highest BCUT2D eigenvalue weighted by molar-refractivity contribution is 6.01. The number of carbonyl (C=O) groups is 2. The van der Waals surface area contributed by atoms with Gasteiger partial charge in [-0.25, -0.2) is 0 Å². The molecule has 22 heavy (non-hydrogen) atoms. The zero-order valence-corrected chi connectivity index (χ0v) is 12.2. The van der Waals surface area contributed by atoms with Crippen molar-refractivity contribution < 1.29 is 9.59 Å². The highest BCUT2D eigenvalue weighted by Gasteiger charge is 2.30. The maximum absolute atomic E-state index is 12.5. The van der Waals surface area contributed by atoms with Gasteiger partial charge in [0, 0.05) is 18.7 Å². The minimum absolute atomic E-state index is 0.143. The number of rotatable bonds is 4. The Morgan fingerprint density at radius 2 is 2.27 bits per heavy atom. The topological polar surface area (TPSA) is 88.9 Å². The van der Waals surface area contributed by atoms with Crippen LogP contribution in [-0.4, -0.2) is 26.6 Å². The number of hydrogen-bond donors (Lipinski definition) is 2. The first-order valence-corrected chi connectivity index (χ1v) is 7.22. The van der Waals surface area contributed by atoms with Crippen LogP contribution >= 0.6 is 0 Å². The fourth-order valence-corrected chi connectivity index (χ4v) is 2.61. The van der Waals surface area contributed by atoms with E-state index in [1.165, 1.54) is 0 Å². The second-order valence-corrected chi connectivity index (χ2v) is 5.14. The quantitative estimate of drug-likeness (QED) is 0.883. The summed E-state index contributed by atoms with van der Waals surface area (Å²) in [7, 11) is 0. The van der Waals surface area contributed by atoms with Gasteiger partial charge < -0.3 is 15.2 Å². The van der Waals surface area contributed by atoms with Gasteiger partial charge in [-0.15, -0.1) is 10.2 Å². The largest absolute Gasteiger partial charge is 0.348 e. The molecule has 0 fully saturated rings. The average Bonchev–Trinajstić information content (AvgIpc) is 2.99. The van der Waals surface area contributed by atoms with Gasteiger partial charge in [-0.05, 0) is 18.6 Å². The van der Waals surface area contributed by atoms with Crippen molar-refractivity contribution in [2.45, 2.75) is 32.4 Å². The van der Waals surface area contributed by atoms with Crippen LogP contribution in [0.5, 0.6) is 0 Å². The molecule has 0 unspecified atom stereocenters. The number of benzene rings is 1. The number of fused-ring (bicyclic) bond motifs is 1. The van der Waals surface area contributed by atoms with E-state index < -0.39 is 5.92 Å². The number of aryl methyl sites for hydroxylation is 1. The molecule has 2 heterocycles. The second kappa shape index (κ2) is 5.97. The molecule has 2 aromatic rings. The number of nitrogens with one attached hydrogen (secondary N) is 2. The summed E-state index contributed by atoms with van der Waals surface area (Å²) in [5.41, 5.74) is 1.55. The van der Waals surface area contributed by atoms with Gasteiger partial charge >= 0.3 is 0 Å². The molecule has 0 bridgehead atoms. The molecule has 0 aliphatic carbocycles. The normalized spacial score (nSPS) is 16.8. The van der Waals surface area contributed by atoms with Gasteiger partial charge in [-0.3, -0.25) is 9.59 Å². The minimum Gasteiger partial charge on any atom is -0.348 e. The lowest BCUT2D eigenvalue weighted by Gasteiger charge is -2.24. The van der Waals surface area contributed by atoms with Crippen molar-refractivity contribution in [2.75, 3.05) is 5.32 Å². The van der Waals surface area contributed by atoms with Crippen molar-refractivity contribution in [1.82, 2.24) is 20.1 Å². The number of anilines is 1. The van der Waals surface area contributed by atoms with Gasteiger partial charge in [0.15, 0.2) is 5.82 Å². The Bertz CT molecular complexity index is 709. The number of para-hydroxylation sites is 1. The zero-order valence-electron chi connectivity index (χ0n) is 12.2. The van der Waals surface area contributed by atoms with Gasteiger partial charge in [-0.2, -0.15) is 0 Å². The van der Waals surface area contributed by atoms with Crippen LogP contribution in [0.3, 0.4) is 0 Å². The second-order valence-electron chi connectivity index (χ2n) is 5.14. The molecule has 1 aromatic heterocycles. The standard InChI is InChI=1S/C15H17N5O2/c1-2-20-9-17-19-13(20)8-16-15(22)11-7-14(21)18-12-6-4-3-5-10(11)12/h3-6,9,11H,2,7-8H2,1H3,(H,16,22)(H,18,21)/t11-/m1/s1. The van der Waals surface area contributed by atoms with Gasteiger partial charge in [0.1, 0.15) is 6.33 Å². The van der Waals surface area contributed by atoms with E-state index in [0.29, 0.717) is 18.1 Å². The van der Waals surface area contributed by atoms with Crippen LogP contribution in [-0.2, 0) is 22.7 Å². The van der Waals surface area contributed by atoms with Gasteiger partial charge in [-0.1, -0.05) is 18.2 Å². The van der Waals surface area contributed by atoms with Gasteiger partial charge in [0.05, 0.1) is 12.5 Å². The van der Waals surface area contributed by atoms with Crippen molar-refractivity contribution in [1.29, 1.82) is 0 Å². The van der Waals surface area contributed by atoms with Crippen molar-refractivity contribution in [2.24, 2.45) is 0 Å². The summed E-state index contributed by atoms with van der Waals surface area (Å²) >= 11 is 0. The predicted molar refractivity (Wildman–Crippen MR) is 80.0 cm³/mol. The third-order valence-corrected chi connectivity index (χ3v) is 3.77. The molecule has 1 aliphatic rings. The molecule has 2 N–H and O–H groups in total. The molecule has 0 saturated heterocycles. The van der Waals surface area contributed by atoms with E-state index in [9.17, 15) is 9.59 Å². The Morgan fingerprint density at radius 1 is 1.45 bits per heavy atom. The fourth-order valence-electron chi connectivity index (χ4n) is 2.61. The van der Waals surface area contributed by atoms with E-state index in [1.54, 1.807) is 12.4 Å². The van der Waals surface area contributed by atoms with E-state index in [4.69, 9.17) is 0 Å². The molecule has 0 radical (unpaired) electrons. The summed E-state index contributed by atoms with van der Waals surface area (Å²) in [6, 6.07) is 7.38. The average molecular weight is 299 g/mol. The van der Waals surface area contributed by atoms with Gasteiger partial charge in [0.25, 0.3) is 0 Å². The SMILES string of the molecule is CCn1cnnc1CNC(=O)[C@@H]1CC(=O)Nc2ccccc21. The molecule has 2 amide bonds. The summed E-state index contributed by atoms with van der Waals surface area (Å²) in [6.07, 6.45) is 1.79. The molecular formula is C15H17N5O2. The van der Waals surface area contributed by atoms with Crippen molar-refractivity contribution in [3.63, 3.8) is 0 Å². The molecule has 7 heteroatoms. The number of amides is 2. The third kappa shape index (κ3) is 2.69. The smallest absolute Gasteiger partial charge is 0.228 e. The number of nitrogens with zero attached hydrogens (tertiary/aromatic N) is 3. The number of aromatic nitrogens is 3. The van der Waals surface area contributed by atoms with Crippen LogP contribution in [0.25, 0.3) is 0 Å². The van der Waals surface area contributed by atoms with Crippen LogP contribution in [0.1, 0.15) is 30.7 Å². The lowest BCUT2D eigenvalue weighted by Crippen LogP contribution is -2.35. The van der Waals surface area contributed by atoms with Crippen molar-refractivity contribution in [3.05, 3.63) is 42.0 Å². The van der Waals surface area contributed by atoms with Crippen LogP contribution in [0.4, 0.5) is 5.69 Å². The maximum Gasteiger partial charge on any atom is 0.228 e. The molecule has 1 atom stereocenters.